The highest BCUT2D eigenvalue weighted by Gasteiger charge is 2.24. The minimum atomic E-state index is -0.909. The van der Waals surface area contributed by atoms with E-state index in [2.05, 4.69) is 20.2 Å². The molecule has 0 N–H and O–H groups in total. The summed E-state index contributed by atoms with van der Waals surface area (Å²) in [6, 6.07) is 5.52. The molecule has 4 rings (SSSR count). The van der Waals surface area contributed by atoms with Crippen molar-refractivity contribution in [3.8, 4) is 5.75 Å². The van der Waals surface area contributed by atoms with E-state index < -0.39 is 17.7 Å². The van der Waals surface area contributed by atoms with Crippen LogP contribution in [-0.2, 0) is 7.05 Å². The van der Waals surface area contributed by atoms with Gasteiger partial charge in [0.25, 0.3) is 5.89 Å². The van der Waals surface area contributed by atoms with Crippen LogP contribution in [-0.4, -0.2) is 24.7 Å². The molecule has 1 atom stereocenters. The van der Waals surface area contributed by atoms with Crippen molar-refractivity contribution in [2.75, 3.05) is 0 Å². The summed E-state index contributed by atoms with van der Waals surface area (Å²) in [5.41, 5.74) is 1.15. The number of hydrogen-bond acceptors (Lipinski definition) is 6. The summed E-state index contributed by atoms with van der Waals surface area (Å²) in [7, 11) is 1.75. The van der Waals surface area contributed by atoms with Gasteiger partial charge < -0.3 is 13.7 Å². The van der Waals surface area contributed by atoms with Crippen LogP contribution < -0.4 is 4.74 Å². The molecule has 0 aliphatic rings. The Bertz CT molecular complexity index is 1020. The lowest BCUT2D eigenvalue weighted by Gasteiger charge is -2.15. The van der Waals surface area contributed by atoms with E-state index in [0.717, 1.165) is 12.6 Å². The number of aromatic nitrogens is 5. The van der Waals surface area contributed by atoms with Crippen molar-refractivity contribution in [3.05, 3.63) is 66.4 Å². The second-order valence-corrected chi connectivity index (χ2v) is 5.30. The Morgan fingerprint density at radius 1 is 1.20 bits per heavy atom. The first-order valence-electron chi connectivity index (χ1n) is 7.26. The number of fused-ring (bicyclic) bond motifs is 1. The normalized spacial score (nSPS) is 12.4. The Morgan fingerprint density at radius 2 is 2.08 bits per heavy atom. The molecule has 0 amide bonds. The minimum Gasteiger partial charge on any atom is -0.474 e. The van der Waals surface area contributed by atoms with Gasteiger partial charge in [0.05, 0.1) is 23.7 Å². The van der Waals surface area contributed by atoms with E-state index >= 15 is 0 Å². The van der Waals surface area contributed by atoms with Crippen molar-refractivity contribution in [2.24, 2.45) is 7.05 Å². The maximum absolute atomic E-state index is 14.2. The third kappa shape index (κ3) is 2.80. The van der Waals surface area contributed by atoms with Gasteiger partial charge in [0, 0.05) is 19.2 Å². The molecule has 0 saturated carbocycles. The molecule has 0 radical (unpaired) electrons. The van der Waals surface area contributed by atoms with Crippen LogP contribution in [0.2, 0.25) is 0 Å². The monoisotopic (exact) mass is 343 g/mol. The average Bonchev–Trinajstić information content (AvgIpc) is 3.25. The van der Waals surface area contributed by atoms with Crippen molar-refractivity contribution in [1.29, 1.82) is 0 Å². The van der Waals surface area contributed by atoms with E-state index in [1.165, 1.54) is 24.5 Å². The fraction of sp³-hybridized carbons (Fsp3) is 0.125. The Labute approximate surface area is 139 Å². The van der Waals surface area contributed by atoms with Gasteiger partial charge in [-0.2, -0.15) is 0 Å². The number of imidazole rings is 1. The van der Waals surface area contributed by atoms with Crippen molar-refractivity contribution >= 4 is 11.0 Å². The lowest BCUT2D eigenvalue weighted by Crippen LogP contribution is -2.12. The topological polar surface area (TPSA) is 78.9 Å². The van der Waals surface area contributed by atoms with Crippen LogP contribution in [0.3, 0.4) is 0 Å². The van der Waals surface area contributed by atoms with Crippen LogP contribution in [0.4, 0.5) is 8.78 Å². The first kappa shape index (κ1) is 15.2. The molecule has 1 unspecified atom stereocenters. The largest absolute Gasteiger partial charge is 0.474 e. The van der Waals surface area contributed by atoms with Crippen molar-refractivity contribution in [1.82, 2.24) is 24.7 Å². The number of pyridine rings is 1. The number of halogens is 2. The molecule has 3 heterocycles. The molecule has 0 aliphatic heterocycles. The summed E-state index contributed by atoms with van der Waals surface area (Å²) in [4.78, 5) is 7.98. The maximum atomic E-state index is 14.2. The smallest absolute Gasteiger partial charge is 0.263 e. The van der Waals surface area contributed by atoms with Gasteiger partial charge in [-0.25, -0.2) is 13.8 Å². The highest BCUT2D eigenvalue weighted by atomic mass is 19.1. The third-order valence-corrected chi connectivity index (χ3v) is 3.63. The van der Waals surface area contributed by atoms with Crippen LogP contribution in [0.5, 0.6) is 5.75 Å². The molecule has 126 valence electrons. The highest BCUT2D eigenvalue weighted by molar-refractivity contribution is 5.77. The number of hydrogen-bond donors (Lipinski definition) is 0. The van der Waals surface area contributed by atoms with E-state index in [-0.39, 0.29) is 17.2 Å². The predicted octanol–water partition coefficient (Wildman–Crippen LogP) is 2.80. The van der Waals surface area contributed by atoms with Crippen molar-refractivity contribution in [3.63, 3.8) is 0 Å². The average molecular weight is 343 g/mol. The fourth-order valence-corrected chi connectivity index (χ4v) is 2.44. The van der Waals surface area contributed by atoms with Crippen LogP contribution in [0.25, 0.3) is 11.0 Å². The summed E-state index contributed by atoms with van der Waals surface area (Å²) in [6.07, 6.45) is 2.79. The second kappa shape index (κ2) is 5.93. The van der Waals surface area contributed by atoms with Crippen LogP contribution in [0.15, 0.2) is 47.6 Å². The van der Waals surface area contributed by atoms with Gasteiger partial charge in [0.15, 0.2) is 5.82 Å². The van der Waals surface area contributed by atoms with Crippen LogP contribution >= 0.6 is 0 Å². The summed E-state index contributed by atoms with van der Waals surface area (Å²) >= 11 is 0. The molecular formula is C16H11F2N5O2. The zero-order valence-electron chi connectivity index (χ0n) is 12.9. The van der Waals surface area contributed by atoms with Crippen LogP contribution in [0, 0.1) is 11.6 Å². The Morgan fingerprint density at radius 3 is 2.80 bits per heavy atom. The molecule has 0 spiro atoms. The van der Waals surface area contributed by atoms with Gasteiger partial charge in [-0.1, -0.05) is 0 Å². The predicted molar refractivity (Wildman–Crippen MR) is 81.6 cm³/mol. The third-order valence-electron chi connectivity index (χ3n) is 3.63. The SMILES string of the molecule is Cn1cnc2c(F)cc(OC(c3ccc(F)cn3)c3nnco3)cc21. The van der Waals surface area contributed by atoms with Crippen molar-refractivity contribution < 1.29 is 17.9 Å². The zero-order valence-corrected chi connectivity index (χ0v) is 12.9. The summed E-state index contributed by atoms with van der Waals surface area (Å²) in [6.45, 7) is 0. The molecule has 25 heavy (non-hydrogen) atoms. The molecule has 3 aromatic heterocycles. The van der Waals surface area contributed by atoms with E-state index in [9.17, 15) is 8.78 Å². The minimum absolute atomic E-state index is 0.115. The van der Waals surface area contributed by atoms with E-state index in [1.807, 2.05) is 0 Å². The molecule has 0 bridgehead atoms. The molecule has 0 aliphatic carbocycles. The van der Waals surface area contributed by atoms with E-state index in [1.54, 1.807) is 17.7 Å². The molecule has 1 aromatic carbocycles. The molecule has 7 nitrogen and oxygen atoms in total. The fourth-order valence-electron chi connectivity index (χ4n) is 2.44. The lowest BCUT2D eigenvalue weighted by molar-refractivity contribution is 0.202. The molecular weight excluding hydrogens is 332 g/mol. The summed E-state index contributed by atoms with van der Waals surface area (Å²) in [5.74, 6) is -0.674. The van der Waals surface area contributed by atoms with Gasteiger partial charge in [0.2, 0.25) is 12.5 Å². The molecule has 0 saturated heterocycles. The van der Waals surface area contributed by atoms with E-state index in [0.29, 0.717) is 11.2 Å². The van der Waals surface area contributed by atoms with E-state index in [4.69, 9.17) is 9.15 Å². The number of benzene rings is 1. The Hall–Kier alpha value is -3.36. The maximum Gasteiger partial charge on any atom is 0.263 e. The molecule has 4 aromatic rings. The quantitative estimate of drug-likeness (QED) is 0.567. The first-order valence-corrected chi connectivity index (χ1v) is 7.26. The Kier molecular flexibility index (Phi) is 3.60. The van der Waals surface area contributed by atoms with Crippen molar-refractivity contribution in [2.45, 2.75) is 6.10 Å². The number of rotatable bonds is 4. The second-order valence-electron chi connectivity index (χ2n) is 5.30. The van der Waals surface area contributed by atoms with Gasteiger partial charge >= 0.3 is 0 Å². The van der Waals surface area contributed by atoms with Gasteiger partial charge in [-0.3, -0.25) is 4.98 Å². The summed E-state index contributed by atoms with van der Waals surface area (Å²) in [5, 5.41) is 7.43. The van der Waals surface area contributed by atoms with Gasteiger partial charge in [0.1, 0.15) is 17.1 Å². The first-order chi connectivity index (χ1) is 12.1. The number of nitrogens with zero attached hydrogens (tertiary/aromatic N) is 5. The van der Waals surface area contributed by atoms with Gasteiger partial charge in [-0.05, 0) is 12.1 Å². The standard InChI is InChI=1S/C16H11F2N5O2/c1-23-7-20-14-11(18)4-10(5-13(14)23)25-15(16-22-21-8-24-16)12-3-2-9(17)6-19-12/h2-8,15H,1H3. The number of ether oxygens (including phenoxy) is 1. The number of aryl methyl sites for hydroxylation is 1. The highest BCUT2D eigenvalue weighted by Crippen LogP contribution is 2.29. The molecule has 9 heteroatoms. The Balaban J connectivity index is 1.76. The van der Waals surface area contributed by atoms with Gasteiger partial charge in [-0.15, -0.1) is 10.2 Å². The summed E-state index contributed by atoms with van der Waals surface area (Å²) < 4.78 is 40.1. The van der Waals surface area contributed by atoms with Crippen LogP contribution in [0.1, 0.15) is 17.7 Å². The lowest BCUT2D eigenvalue weighted by atomic mass is 10.2. The molecule has 0 fully saturated rings. The zero-order chi connectivity index (χ0) is 17.4.